The zero-order valence-corrected chi connectivity index (χ0v) is 2.30. The smallest absolute Gasteiger partial charge is 0.340 e. The Hall–Kier alpha value is -0.625. The van der Waals surface area contributed by atoms with Crippen molar-refractivity contribution < 1.29 is 9.34 Å². The third-order valence-electron chi connectivity index (χ3n) is 0.0953. The molecule has 0 saturated carbocycles. The Balaban J connectivity index is 2.94. The van der Waals surface area contributed by atoms with Crippen LogP contribution in [0.25, 0.3) is 4.89 Å². The molecule has 0 aliphatic heterocycles. The fraction of sp³-hybridized carbons (Fsp3) is 0. The second-order valence-electron chi connectivity index (χ2n) is 0.426. The highest BCUT2D eigenvalue weighted by Crippen LogP contribution is 1.71. The Bertz CT molecular complexity index is 55.2. The normalized spacial score (nSPS) is 5.80. The predicted octanol–water partition coefficient (Wildman–Crippen LogP) is -0.214. The zero-order valence-electron chi connectivity index (χ0n) is 2.30. The maximum atomic E-state index is 10.6. The molecule has 1 N–H and O–H groups in total. The Morgan fingerprint density at radius 2 is 2.20 bits per heavy atom. The van der Waals surface area contributed by atoms with E-state index in [-0.39, 0.29) is 0 Å². The summed E-state index contributed by atoms with van der Waals surface area (Å²) in [7, 11) is -2.44. The van der Waals surface area contributed by atoms with E-state index in [0.717, 1.165) is 0 Å². The van der Waals surface area contributed by atoms with E-state index < -0.39 is 7.33 Å². The Morgan fingerprint density at radius 1 is 2.00 bits per heavy atom. The van der Waals surface area contributed by atoms with Crippen molar-refractivity contribution in [2.75, 3.05) is 0 Å². The lowest BCUT2D eigenvalue weighted by atomic mass is 10.3. The quantitative estimate of drug-likeness (QED) is 0.319. The van der Waals surface area contributed by atoms with Crippen molar-refractivity contribution >= 4 is 7.33 Å². The number of halogens is 1. The van der Waals surface area contributed by atoms with Crippen molar-refractivity contribution in [2.24, 2.45) is 0 Å². The topological polar surface area (TPSA) is 48.4 Å². The summed E-state index contributed by atoms with van der Waals surface area (Å²) in [6, 6.07) is 0. The lowest BCUT2D eigenvalue weighted by Gasteiger charge is -1.43. The minimum Gasteiger partial charge on any atom is -0.340 e. The van der Waals surface area contributed by atoms with Crippen LogP contribution in [0, 0.1) is 5.39 Å². The summed E-state index contributed by atoms with van der Waals surface area (Å²) in [4.78, 5) is 1.78. The van der Waals surface area contributed by atoms with Gasteiger partial charge in [0, 0.05) is 0 Å². The van der Waals surface area contributed by atoms with Gasteiger partial charge in [0.1, 0.15) is 0 Å². The Morgan fingerprint density at radius 3 is 2.20 bits per heavy atom. The molecule has 0 fully saturated rings. The minimum absolute atomic E-state index is 1.78. The van der Waals surface area contributed by atoms with Gasteiger partial charge in [-0.2, -0.15) is 0 Å². The Labute approximate surface area is 28.2 Å². The number of nitrogens with zero attached hydrogens (tertiary/aromatic N) is 2. The van der Waals surface area contributed by atoms with Gasteiger partial charge in [-0.05, 0) is 0 Å². The second-order valence-corrected chi connectivity index (χ2v) is 0.426. The van der Waals surface area contributed by atoms with Gasteiger partial charge in [-0.25, -0.2) is 4.32 Å². The molecule has 0 aromatic rings. The molecule has 26 valence electrons. The average Bonchev–Trinajstić information content (AvgIpc) is 1.38. The van der Waals surface area contributed by atoms with Crippen LogP contribution in [0.1, 0.15) is 0 Å². The molecule has 0 rings (SSSR count). The lowest BCUT2D eigenvalue weighted by molar-refractivity contribution is 0.511. The fourth-order valence-corrected chi connectivity index (χ4v) is 0. The van der Waals surface area contributed by atoms with Crippen molar-refractivity contribution in [2.45, 2.75) is 0 Å². The van der Waals surface area contributed by atoms with Crippen LogP contribution in [0.2, 0.25) is 0 Å². The molecule has 5 heteroatoms. The maximum absolute atomic E-state index is 10.6. The molecule has 0 heterocycles. The highest BCUT2D eigenvalue weighted by atomic mass is 19.1. The maximum Gasteiger partial charge on any atom is 1.07 e. The molecule has 0 aliphatic carbocycles. The molecule has 0 bridgehead atoms. The van der Waals surface area contributed by atoms with Gasteiger partial charge in [0.2, 0.25) is 0 Å². The van der Waals surface area contributed by atoms with Crippen molar-refractivity contribution in [3.63, 3.8) is 0 Å². The molecular weight excluding hydrogens is 73.8 g/mol. The van der Waals surface area contributed by atoms with E-state index >= 15 is 0 Å². The molecule has 0 radical (unpaired) electrons. The molecule has 0 amide bonds. The van der Waals surface area contributed by atoms with E-state index in [9.17, 15) is 4.32 Å². The highest BCUT2D eigenvalue weighted by molar-refractivity contribution is 6.45. The fourth-order valence-electron chi connectivity index (χ4n) is 0. The Kier molecular flexibility index (Phi) is 1.46. The van der Waals surface area contributed by atoms with Crippen molar-refractivity contribution in [1.82, 2.24) is 0 Å². The van der Waals surface area contributed by atoms with Crippen LogP contribution in [0.4, 0.5) is 4.32 Å². The van der Waals surface area contributed by atoms with Crippen molar-refractivity contribution in [1.29, 1.82) is 5.39 Å². The molecule has 0 atom stereocenters. The number of rotatable bonds is 0. The first-order valence-corrected chi connectivity index (χ1v) is 0.935. The number of hydrogen-bond donors (Lipinski definition) is 1. The van der Waals surface area contributed by atoms with Crippen molar-refractivity contribution in [3.8, 4) is 0 Å². The molecule has 0 unspecified atom stereocenters. The molecule has 5 heavy (non-hydrogen) atoms. The molecule has 3 nitrogen and oxygen atoms in total. The molecule has 0 aromatic carbocycles. The minimum atomic E-state index is -2.44. The summed E-state index contributed by atoms with van der Waals surface area (Å²) >= 11 is 0. The van der Waals surface area contributed by atoms with E-state index in [0.29, 0.717) is 0 Å². The van der Waals surface area contributed by atoms with Crippen LogP contribution < -0.4 is 0 Å². The van der Waals surface area contributed by atoms with Crippen LogP contribution in [0.5, 0.6) is 0 Å². The van der Waals surface area contributed by atoms with E-state index in [1.165, 1.54) is 0 Å². The zero-order chi connectivity index (χ0) is 4.28. The largest absolute Gasteiger partial charge is 1.07 e. The lowest BCUT2D eigenvalue weighted by Crippen LogP contribution is -1.91. The van der Waals surface area contributed by atoms with Gasteiger partial charge in [0.05, 0.1) is 4.89 Å². The molecule has 0 aliphatic rings. The van der Waals surface area contributed by atoms with E-state index in [4.69, 9.17) is 10.4 Å². The highest BCUT2D eigenvalue weighted by Gasteiger charge is 2.32. The van der Waals surface area contributed by atoms with Crippen LogP contribution in [0.15, 0.2) is 0 Å². The molecule has 0 aromatic heterocycles. The first-order chi connectivity index (χ1) is 2.27. The monoisotopic (exact) mass is 75.0 g/mol. The predicted molar refractivity (Wildman–Crippen MR) is 14.2 cm³/mol. The number of hydrogen-bond acceptors (Lipinski definition) is 2. The van der Waals surface area contributed by atoms with Gasteiger partial charge in [0.25, 0.3) is 0 Å². The standard InChI is InChI=1S/BFHN2O/c2-1(5)4-3/h5H/q+1. The SMILES string of the molecule is N#[N+]B(O)F. The van der Waals surface area contributed by atoms with Gasteiger partial charge in [0.15, 0.2) is 5.39 Å². The van der Waals surface area contributed by atoms with Crippen LogP contribution >= 0.6 is 0 Å². The van der Waals surface area contributed by atoms with E-state index in [1.54, 1.807) is 4.89 Å². The van der Waals surface area contributed by atoms with E-state index in [1.807, 2.05) is 0 Å². The molecule has 0 spiro atoms. The number of diazo groups is 1. The first kappa shape index (κ1) is 4.37. The first-order valence-electron chi connectivity index (χ1n) is 0.935. The average molecular weight is 74.8 g/mol. The van der Waals surface area contributed by atoms with Crippen LogP contribution in [0.3, 0.4) is 0 Å². The summed E-state index contributed by atoms with van der Waals surface area (Å²) in [5, 5.41) is 14.4. The second kappa shape index (κ2) is 1.67. The van der Waals surface area contributed by atoms with Gasteiger partial charge < -0.3 is 5.02 Å². The third-order valence-corrected chi connectivity index (χ3v) is 0.0953. The van der Waals surface area contributed by atoms with E-state index in [2.05, 4.69) is 0 Å². The summed E-state index contributed by atoms with van der Waals surface area (Å²) in [5.74, 6) is 0. The van der Waals surface area contributed by atoms with Gasteiger partial charge in [-0.3, -0.25) is 0 Å². The van der Waals surface area contributed by atoms with Gasteiger partial charge in [-0.1, -0.05) is 0 Å². The van der Waals surface area contributed by atoms with Crippen molar-refractivity contribution in [3.05, 3.63) is 4.89 Å². The molecule has 0 saturated heterocycles. The van der Waals surface area contributed by atoms with Gasteiger partial charge in [-0.15, -0.1) is 0 Å². The summed E-state index contributed by atoms with van der Waals surface area (Å²) in [5.41, 5.74) is 0. The van der Waals surface area contributed by atoms with Crippen LogP contribution in [-0.2, 0) is 0 Å². The summed E-state index contributed by atoms with van der Waals surface area (Å²) < 4.78 is 10.6. The summed E-state index contributed by atoms with van der Waals surface area (Å²) in [6.07, 6.45) is 0. The van der Waals surface area contributed by atoms with Crippen LogP contribution in [-0.4, -0.2) is 12.4 Å². The molecular formula is HBFN2O+. The third kappa shape index (κ3) is 3.37. The summed E-state index contributed by atoms with van der Waals surface area (Å²) in [6.45, 7) is 0. The van der Waals surface area contributed by atoms with Gasteiger partial charge >= 0.3 is 7.33 Å².